The van der Waals surface area contributed by atoms with Crippen LogP contribution in [0.1, 0.15) is 23.6 Å². The topological polar surface area (TPSA) is 0 Å². The number of hydrogen-bond acceptors (Lipinski definition) is 0. The van der Waals surface area contributed by atoms with Crippen LogP contribution in [0.5, 0.6) is 0 Å². The smallest absolute Gasteiger partial charge is 0.0406 e. The van der Waals surface area contributed by atoms with Crippen molar-refractivity contribution in [2.75, 3.05) is 0 Å². The van der Waals surface area contributed by atoms with E-state index in [1.807, 2.05) is 12.1 Å². The molecule has 4 rings (SSSR count). The van der Waals surface area contributed by atoms with E-state index in [0.717, 1.165) is 24.3 Å². The first-order valence-electron chi connectivity index (χ1n) is 8.25. The second kappa shape index (κ2) is 5.86. The van der Waals surface area contributed by atoms with Crippen LogP contribution in [0.2, 0.25) is 5.02 Å². The zero-order valence-corrected chi connectivity index (χ0v) is 14.0. The van der Waals surface area contributed by atoms with E-state index in [1.54, 1.807) is 0 Å². The predicted molar refractivity (Wildman–Crippen MR) is 99.1 cm³/mol. The molecule has 0 atom stereocenters. The molecule has 1 aliphatic rings. The summed E-state index contributed by atoms with van der Waals surface area (Å²) < 4.78 is 0. The van der Waals surface area contributed by atoms with E-state index in [1.165, 1.54) is 38.9 Å². The van der Waals surface area contributed by atoms with Crippen LogP contribution < -0.4 is 0 Å². The first kappa shape index (κ1) is 14.5. The highest BCUT2D eigenvalue weighted by atomic mass is 35.5. The molecule has 0 saturated carbocycles. The average molecular weight is 319 g/mol. The number of benzene rings is 3. The lowest BCUT2D eigenvalue weighted by atomic mass is 9.83. The van der Waals surface area contributed by atoms with Gasteiger partial charge in [0.25, 0.3) is 0 Å². The SMILES string of the molecule is CCc1ccc2c(c1)CCc1cc(-c3ccc(Cl)cc3)ccc1-2. The van der Waals surface area contributed by atoms with Crippen molar-refractivity contribution in [3.05, 3.63) is 82.4 Å². The van der Waals surface area contributed by atoms with E-state index in [0.29, 0.717) is 0 Å². The number of rotatable bonds is 2. The number of hydrogen-bond donors (Lipinski definition) is 0. The third-order valence-electron chi connectivity index (χ3n) is 4.81. The Morgan fingerprint density at radius 3 is 2.04 bits per heavy atom. The largest absolute Gasteiger partial charge is 0.0843 e. The van der Waals surface area contributed by atoms with Crippen molar-refractivity contribution < 1.29 is 0 Å². The van der Waals surface area contributed by atoms with Crippen molar-refractivity contribution in [3.63, 3.8) is 0 Å². The zero-order chi connectivity index (χ0) is 15.8. The number of halogens is 1. The Labute approximate surface area is 142 Å². The highest BCUT2D eigenvalue weighted by Crippen LogP contribution is 2.36. The first-order valence-corrected chi connectivity index (χ1v) is 8.63. The lowest BCUT2D eigenvalue weighted by Crippen LogP contribution is -2.04. The highest BCUT2D eigenvalue weighted by molar-refractivity contribution is 6.30. The molecule has 0 heterocycles. The van der Waals surface area contributed by atoms with Gasteiger partial charge in [-0.1, -0.05) is 67.1 Å². The van der Waals surface area contributed by atoms with Gasteiger partial charge in [0.05, 0.1) is 0 Å². The first-order chi connectivity index (χ1) is 11.2. The summed E-state index contributed by atoms with van der Waals surface area (Å²) in [6.45, 7) is 2.22. The molecule has 0 nitrogen and oxygen atoms in total. The van der Waals surface area contributed by atoms with Gasteiger partial charge in [-0.05, 0) is 70.3 Å². The lowest BCUT2D eigenvalue weighted by Gasteiger charge is -2.21. The molecule has 1 heteroatoms. The zero-order valence-electron chi connectivity index (χ0n) is 13.3. The molecule has 0 aliphatic heterocycles. The Morgan fingerprint density at radius 1 is 0.739 bits per heavy atom. The maximum atomic E-state index is 6.00. The molecule has 0 fully saturated rings. The minimum absolute atomic E-state index is 0.785. The van der Waals surface area contributed by atoms with E-state index in [4.69, 9.17) is 11.6 Å². The highest BCUT2D eigenvalue weighted by Gasteiger charge is 2.16. The van der Waals surface area contributed by atoms with Gasteiger partial charge in [-0.25, -0.2) is 0 Å². The third-order valence-corrected chi connectivity index (χ3v) is 5.07. The Bertz CT molecular complexity index is 860. The standard InChI is InChI=1S/C22H19Cl/c1-2-15-3-11-21-18(13-15)4-5-19-14-17(8-12-22(19)21)16-6-9-20(23)10-7-16/h3,6-14H,2,4-5H2,1H3. The van der Waals surface area contributed by atoms with Crippen LogP contribution in [0, 0.1) is 0 Å². The lowest BCUT2D eigenvalue weighted by molar-refractivity contribution is 0.936. The van der Waals surface area contributed by atoms with E-state index in [2.05, 4.69) is 55.5 Å². The van der Waals surface area contributed by atoms with Crippen molar-refractivity contribution in [2.45, 2.75) is 26.2 Å². The quantitative estimate of drug-likeness (QED) is 0.517. The van der Waals surface area contributed by atoms with Gasteiger partial charge in [0.1, 0.15) is 0 Å². The summed E-state index contributed by atoms with van der Waals surface area (Å²) in [4.78, 5) is 0. The van der Waals surface area contributed by atoms with E-state index in [-0.39, 0.29) is 0 Å². The predicted octanol–water partition coefficient (Wildman–Crippen LogP) is 6.34. The second-order valence-electron chi connectivity index (χ2n) is 6.22. The van der Waals surface area contributed by atoms with Crippen LogP contribution in [-0.2, 0) is 19.3 Å². The summed E-state index contributed by atoms with van der Waals surface area (Å²) in [6.07, 6.45) is 3.37. The molecule has 0 spiro atoms. The maximum Gasteiger partial charge on any atom is 0.0406 e. The van der Waals surface area contributed by atoms with Crippen molar-refractivity contribution in [3.8, 4) is 22.3 Å². The van der Waals surface area contributed by atoms with Gasteiger partial charge < -0.3 is 0 Å². The Kier molecular flexibility index (Phi) is 3.71. The van der Waals surface area contributed by atoms with Gasteiger partial charge in [0.2, 0.25) is 0 Å². The third kappa shape index (κ3) is 2.68. The molecule has 23 heavy (non-hydrogen) atoms. The van der Waals surface area contributed by atoms with Crippen molar-refractivity contribution in [2.24, 2.45) is 0 Å². The van der Waals surface area contributed by atoms with Crippen molar-refractivity contribution >= 4 is 11.6 Å². The van der Waals surface area contributed by atoms with Crippen LogP contribution in [0.3, 0.4) is 0 Å². The summed E-state index contributed by atoms with van der Waals surface area (Å²) in [5, 5.41) is 0.785. The fraction of sp³-hybridized carbons (Fsp3) is 0.182. The van der Waals surface area contributed by atoms with Crippen LogP contribution >= 0.6 is 11.6 Å². The molecular weight excluding hydrogens is 300 g/mol. The minimum atomic E-state index is 0.785. The summed E-state index contributed by atoms with van der Waals surface area (Å²) >= 11 is 6.00. The van der Waals surface area contributed by atoms with Crippen molar-refractivity contribution in [1.29, 1.82) is 0 Å². The van der Waals surface area contributed by atoms with E-state index < -0.39 is 0 Å². The van der Waals surface area contributed by atoms with Gasteiger partial charge in [-0.2, -0.15) is 0 Å². The summed E-state index contributed by atoms with van der Waals surface area (Å²) in [7, 11) is 0. The monoisotopic (exact) mass is 318 g/mol. The average Bonchev–Trinajstić information content (AvgIpc) is 2.61. The summed E-state index contributed by atoms with van der Waals surface area (Å²) in [5.74, 6) is 0. The fourth-order valence-corrected chi connectivity index (χ4v) is 3.62. The molecule has 114 valence electrons. The molecule has 0 N–H and O–H groups in total. The Morgan fingerprint density at radius 2 is 1.35 bits per heavy atom. The normalized spacial score (nSPS) is 12.6. The van der Waals surface area contributed by atoms with Crippen LogP contribution in [0.15, 0.2) is 60.7 Å². The van der Waals surface area contributed by atoms with Gasteiger partial charge in [-0.3, -0.25) is 0 Å². The molecule has 0 amide bonds. The minimum Gasteiger partial charge on any atom is -0.0843 e. The fourth-order valence-electron chi connectivity index (χ4n) is 3.49. The van der Waals surface area contributed by atoms with Gasteiger partial charge in [-0.15, -0.1) is 0 Å². The molecule has 0 radical (unpaired) electrons. The van der Waals surface area contributed by atoms with E-state index in [9.17, 15) is 0 Å². The van der Waals surface area contributed by atoms with Gasteiger partial charge in [0, 0.05) is 5.02 Å². The van der Waals surface area contributed by atoms with E-state index >= 15 is 0 Å². The van der Waals surface area contributed by atoms with Crippen LogP contribution in [-0.4, -0.2) is 0 Å². The van der Waals surface area contributed by atoms with Gasteiger partial charge in [0.15, 0.2) is 0 Å². The molecule has 3 aromatic rings. The van der Waals surface area contributed by atoms with Crippen LogP contribution in [0.4, 0.5) is 0 Å². The molecule has 3 aromatic carbocycles. The maximum absolute atomic E-state index is 6.00. The molecule has 0 unspecified atom stereocenters. The number of fused-ring (bicyclic) bond motifs is 3. The van der Waals surface area contributed by atoms with Crippen molar-refractivity contribution in [1.82, 2.24) is 0 Å². The molecule has 0 saturated heterocycles. The Balaban J connectivity index is 1.77. The number of aryl methyl sites for hydroxylation is 3. The summed E-state index contributed by atoms with van der Waals surface area (Å²) in [6, 6.07) is 21.9. The molecule has 0 aromatic heterocycles. The Hall–Kier alpha value is -2.05. The molecule has 1 aliphatic carbocycles. The molecular formula is C22H19Cl. The molecule has 0 bridgehead atoms. The summed E-state index contributed by atoms with van der Waals surface area (Å²) in [5.41, 5.74) is 9.69. The second-order valence-corrected chi connectivity index (χ2v) is 6.66. The van der Waals surface area contributed by atoms with Crippen LogP contribution in [0.25, 0.3) is 22.3 Å². The van der Waals surface area contributed by atoms with Gasteiger partial charge >= 0.3 is 0 Å².